The molecule has 4 nitrogen and oxygen atoms in total. The summed E-state index contributed by atoms with van der Waals surface area (Å²) in [7, 11) is 1.32. The van der Waals surface area contributed by atoms with E-state index in [1.54, 1.807) is 23.5 Å². The van der Waals surface area contributed by atoms with E-state index in [0.29, 0.717) is 18.4 Å². The van der Waals surface area contributed by atoms with E-state index in [4.69, 9.17) is 4.74 Å². The Balaban J connectivity index is 1.98. The van der Waals surface area contributed by atoms with Crippen LogP contribution in [0.15, 0.2) is 47.8 Å². The van der Waals surface area contributed by atoms with Crippen LogP contribution >= 0.6 is 11.3 Å². The zero-order valence-corrected chi connectivity index (χ0v) is 12.6. The van der Waals surface area contributed by atoms with Crippen molar-refractivity contribution in [3.05, 3.63) is 58.3 Å². The predicted molar refractivity (Wildman–Crippen MR) is 82.0 cm³/mol. The standard InChI is InChI=1S/C16H17NO3S/c1-20-16(19)15(12-6-3-2-4-7-12)17-14(18)10-9-13-8-5-11-21-13/h2-8,11,15H,9-10H2,1H3,(H,17,18)/t15-/m1/s1. The molecular formula is C16H17NO3S. The number of benzene rings is 1. The summed E-state index contributed by atoms with van der Waals surface area (Å²) >= 11 is 1.62. The van der Waals surface area contributed by atoms with Crippen molar-refractivity contribution in [2.24, 2.45) is 0 Å². The summed E-state index contributed by atoms with van der Waals surface area (Å²) in [6.45, 7) is 0. The molecule has 0 saturated heterocycles. The largest absolute Gasteiger partial charge is 0.467 e. The van der Waals surface area contributed by atoms with E-state index in [0.717, 1.165) is 4.88 Å². The molecule has 0 aliphatic rings. The molecule has 0 aliphatic carbocycles. The van der Waals surface area contributed by atoms with Gasteiger partial charge in [-0.25, -0.2) is 4.79 Å². The van der Waals surface area contributed by atoms with Gasteiger partial charge in [-0.05, 0) is 23.4 Å². The lowest BCUT2D eigenvalue weighted by Gasteiger charge is -2.16. The highest BCUT2D eigenvalue weighted by Gasteiger charge is 2.23. The minimum absolute atomic E-state index is 0.164. The molecule has 5 heteroatoms. The van der Waals surface area contributed by atoms with Gasteiger partial charge in [0.25, 0.3) is 0 Å². The fourth-order valence-electron chi connectivity index (χ4n) is 1.97. The van der Waals surface area contributed by atoms with Crippen molar-refractivity contribution < 1.29 is 14.3 Å². The molecule has 0 fully saturated rings. The van der Waals surface area contributed by atoms with Crippen LogP contribution in [-0.2, 0) is 20.7 Å². The maximum absolute atomic E-state index is 12.0. The molecule has 110 valence electrons. The van der Waals surface area contributed by atoms with E-state index in [9.17, 15) is 9.59 Å². The number of thiophene rings is 1. The molecule has 1 aromatic carbocycles. The van der Waals surface area contributed by atoms with Gasteiger partial charge >= 0.3 is 5.97 Å². The van der Waals surface area contributed by atoms with Crippen LogP contribution in [0, 0.1) is 0 Å². The minimum atomic E-state index is -0.757. The topological polar surface area (TPSA) is 55.4 Å². The molecule has 0 aliphatic heterocycles. The maximum Gasteiger partial charge on any atom is 0.333 e. The van der Waals surface area contributed by atoms with Crippen LogP contribution in [0.4, 0.5) is 0 Å². The lowest BCUT2D eigenvalue weighted by molar-refractivity contribution is -0.145. The van der Waals surface area contributed by atoms with Crippen LogP contribution in [0.5, 0.6) is 0 Å². The Bertz CT molecular complexity index is 581. The Hall–Kier alpha value is -2.14. The first-order chi connectivity index (χ1) is 10.2. The molecule has 2 aromatic rings. The first-order valence-electron chi connectivity index (χ1n) is 6.65. The van der Waals surface area contributed by atoms with E-state index in [-0.39, 0.29) is 5.91 Å². The monoisotopic (exact) mass is 303 g/mol. The number of methoxy groups -OCH3 is 1. The molecule has 1 N–H and O–H groups in total. The van der Waals surface area contributed by atoms with Crippen molar-refractivity contribution in [1.29, 1.82) is 0 Å². The molecule has 1 atom stereocenters. The van der Waals surface area contributed by atoms with Crippen molar-refractivity contribution >= 4 is 23.2 Å². The Kier molecular flexibility index (Phi) is 5.51. The second-order valence-corrected chi connectivity index (χ2v) is 5.55. The van der Waals surface area contributed by atoms with Crippen molar-refractivity contribution in [3.63, 3.8) is 0 Å². The number of carbonyl (C=O) groups is 2. The highest BCUT2D eigenvalue weighted by atomic mass is 32.1. The van der Waals surface area contributed by atoms with Gasteiger partial charge in [-0.15, -0.1) is 11.3 Å². The van der Waals surface area contributed by atoms with E-state index in [1.807, 2.05) is 35.7 Å². The number of hydrogen-bond donors (Lipinski definition) is 1. The average molecular weight is 303 g/mol. The normalized spacial score (nSPS) is 11.7. The van der Waals surface area contributed by atoms with Crippen LogP contribution < -0.4 is 5.32 Å². The number of carbonyl (C=O) groups excluding carboxylic acids is 2. The zero-order valence-electron chi connectivity index (χ0n) is 11.7. The number of esters is 1. The van der Waals surface area contributed by atoms with Crippen molar-refractivity contribution in [2.75, 3.05) is 7.11 Å². The Morgan fingerprint density at radius 2 is 1.95 bits per heavy atom. The third-order valence-corrected chi connectivity index (χ3v) is 3.99. The van der Waals surface area contributed by atoms with Gasteiger partial charge in [0.1, 0.15) is 0 Å². The smallest absolute Gasteiger partial charge is 0.333 e. The van der Waals surface area contributed by atoms with Gasteiger partial charge in [-0.2, -0.15) is 0 Å². The van der Waals surface area contributed by atoms with Gasteiger partial charge in [0.2, 0.25) is 5.91 Å². The Morgan fingerprint density at radius 1 is 1.19 bits per heavy atom. The summed E-state index contributed by atoms with van der Waals surface area (Å²) in [6, 6.07) is 12.3. The summed E-state index contributed by atoms with van der Waals surface area (Å²) in [6.07, 6.45) is 1.02. The SMILES string of the molecule is COC(=O)[C@H](NC(=O)CCc1cccs1)c1ccccc1. The number of hydrogen-bond acceptors (Lipinski definition) is 4. The average Bonchev–Trinajstić information content (AvgIpc) is 3.04. The fourth-order valence-corrected chi connectivity index (χ4v) is 2.68. The van der Waals surface area contributed by atoms with E-state index >= 15 is 0 Å². The van der Waals surface area contributed by atoms with Gasteiger partial charge in [0, 0.05) is 11.3 Å². The third kappa shape index (κ3) is 4.43. The van der Waals surface area contributed by atoms with Crippen molar-refractivity contribution in [1.82, 2.24) is 5.32 Å². The van der Waals surface area contributed by atoms with Crippen LogP contribution in [-0.4, -0.2) is 19.0 Å². The highest BCUT2D eigenvalue weighted by Crippen LogP contribution is 2.15. The first-order valence-corrected chi connectivity index (χ1v) is 7.53. The molecule has 1 aromatic heterocycles. The lowest BCUT2D eigenvalue weighted by Crippen LogP contribution is -2.34. The summed E-state index contributed by atoms with van der Waals surface area (Å²) in [5, 5.41) is 4.72. The molecule has 0 saturated carbocycles. The molecule has 0 bridgehead atoms. The second-order valence-electron chi connectivity index (χ2n) is 4.51. The Labute approximate surface area is 127 Å². The number of aryl methyl sites for hydroxylation is 1. The number of ether oxygens (including phenoxy) is 1. The summed E-state index contributed by atoms with van der Waals surface area (Å²) in [5.41, 5.74) is 0.717. The molecule has 1 amide bonds. The second kappa shape index (κ2) is 7.59. The molecule has 0 unspecified atom stereocenters. The van der Waals surface area contributed by atoms with Gasteiger partial charge in [0.15, 0.2) is 6.04 Å². The first kappa shape index (κ1) is 15.3. The van der Waals surface area contributed by atoms with E-state index in [1.165, 1.54) is 7.11 Å². The minimum Gasteiger partial charge on any atom is -0.467 e. The van der Waals surface area contributed by atoms with Gasteiger partial charge in [-0.1, -0.05) is 36.4 Å². The molecule has 21 heavy (non-hydrogen) atoms. The predicted octanol–water partition coefficient (Wildman–Crippen LogP) is 2.71. The quantitative estimate of drug-likeness (QED) is 0.835. The van der Waals surface area contributed by atoms with Crippen LogP contribution in [0.2, 0.25) is 0 Å². The number of nitrogens with one attached hydrogen (secondary N) is 1. The Morgan fingerprint density at radius 3 is 2.57 bits per heavy atom. The summed E-state index contributed by atoms with van der Waals surface area (Å²) in [5.74, 6) is -0.631. The summed E-state index contributed by atoms with van der Waals surface area (Å²) < 4.78 is 4.77. The molecule has 2 rings (SSSR count). The molecular weight excluding hydrogens is 286 g/mol. The number of amides is 1. The van der Waals surface area contributed by atoms with Gasteiger partial charge in [0.05, 0.1) is 7.11 Å². The van der Waals surface area contributed by atoms with Crippen molar-refractivity contribution in [3.8, 4) is 0 Å². The van der Waals surface area contributed by atoms with Gasteiger partial charge < -0.3 is 10.1 Å². The van der Waals surface area contributed by atoms with E-state index in [2.05, 4.69) is 5.32 Å². The maximum atomic E-state index is 12.0. The van der Waals surface area contributed by atoms with Crippen LogP contribution in [0.1, 0.15) is 22.9 Å². The van der Waals surface area contributed by atoms with Gasteiger partial charge in [-0.3, -0.25) is 4.79 Å². The summed E-state index contributed by atoms with van der Waals surface area (Å²) in [4.78, 5) is 25.0. The highest BCUT2D eigenvalue weighted by molar-refractivity contribution is 7.09. The molecule has 0 radical (unpaired) electrons. The third-order valence-electron chi connectivity index (χ3n) is 3.05. The molecule has 1 heterocycles. The van der Waals surface area contributed by atoms with Crippen LogP contribution in [0.3, 0.4) is 0 Å². The molecule has 0 spiro atoms. The fraction of sp³-hybridized carbons (Fsp3) is 0.250. The van der Waals surface area contributed by atoms with Crippen LogP contribution in [0.25, 0.3) is 0 Å². The zero-order chi connectivity index (χ0) is 15.1. The van der Waals surface area contributed by atoms with Crippen molar-refractivity contribution in [2.45, 2.75) is 18.9 Å². The lowest BCUT2D eigenvalue weighted by atomic mass is 10.1. The number of rotatable bonds is 6. The van der Waals surface area contributed by atoms with E-state index < -0.39 is 12.0 Å².